The van der Waals surface area contributed by atoms with Crippen molar-refractivity contribution < 1.29 is 42.6 Å². The van der Waals surface area contributed by atoms with Gasteiger partial charge in [0.15, 0.2) is 6.04 Å². The molecule has 236 valence electrons. The Balaban J connectivity index is 1.62. The number of esters is 2. The van der Waals surface area contributed by atoms with Crippen molar-refractivity contribution >= 4 is 29.8 Å². The van der Waals surface area contributed by atoms with Crippen molar-refractivity contribution in [1.82, 2.24) is 15.1 Å². The molecule has 0 radical (unpaired) electrons. The zero-order valence-electron chi connectivity index (χ0n) is 25.1. The van der Waals surface area contributed by atoms with Gasteiger partial charge in [0.05, 0.1) is 7.11 Å². The maximum Gasteiger partial charge on any atom is 0.410 e. The molecular weight excluding hydrogens is 573 g/mol. The van der Waals surface area contributed by atoms with E-state index < -0.39 is 59.4 Å². The molecule has 4 atom stereocenters. The van der Waals surface area contributed by atoms with Crippen molar-refractivity contribution in [3.8, 4) is 0 Å². The van der Waals surface area contributed by atoms with E-state index in [1.165, 1.54) is 47.9 Å². The van der Waals surface area contributed by atoms with Gasteiger partial charge in [-0.2, -0.15) is 0 Å². The van der Waals surface area contributed by atoms with E-state index in [2.05, 4.69) is 5.32 Å². The lowest BCUT2D eigenvalue weighted by Gasteiger charge is -2.40. The molecular formula is C32H38FN3O8. The summed E-state index contributed by atoms with van der Waals surface area (Å²) in [6.07, 6.45) is -0.00631. The summed E-state index contributed by atoms with van der Waals surface area (Å²) < 4.78 is 29.3. The van der Waals surface area contributed by atoms with Gasteiger partial charge in [0.2, 0.25) is 11.8 Å². The quantitative estimate of drug-likeness (QED) is 0.320. The van der Waals surface area contributed by atoms with Crippen LogP contribution in [0.3, 0.4) is 0 Å². The van der Waals surface area contributed by atoms with Gasteiger partial charge in [-0.1, -0.05) is 42.5 Å². The fourth-order valence-corrected chi connectivity index (χ4v) is 5.96. The average molecular weight is 612 g/mol. The lowest BCUT2D eigenvalue weighted by molar-refractivity contribution is -0.158. The Labute approximate surface area is 255 Å². The number of halogens is 1. The highest BCUT2D eigenvalue weighted by Crippen LogP contribution is 2.36. The Kier molecular flexibility index (Phi) is 10.6. The van der Waals surface area contributed by atoms with E-state index in [0.29, 0.717) is 31.4 Å². The zero-order chi connectivity index (χ0) is 31.9. The van der Waals surface area contributed by atoms with Crippen LogP contribution >= 0.6 is 0 Å². The fraction of sp³-hybridized carbons (Fsp3) is 0.469. The normalized spacial score (nSPS) is 20.9. The molecule has 2 aromatic carbocycles. The van der Waals surface area contributed by atoms with Crippen LogP contribution in [-0.2, 0) is 46.4 Å². The van der Waals surface area contributed by atoms with Gasteiger partial charge in [0, 0.05) is 26.4 Å². The molecule has 2 fully saturated rings. The highest BCUT2D eigenvalue weighted by atomic mass is 19.1. The van der Waals surface area contributed by atoms with Gasteiger partial charge >= 0.3 is 18.0 Å². The maximum absolute atomic E-state index is 14.2. The maximum atomic E-state index is 14.2. The number of rotatable bonds is 10. The molecule has 0 bridgehead atoms. The molecule has 44 heavy (non-hydrogen) atoms. The Hall–Kier alpha value is -4.48. The molecule has 0 aliphatic carbocycles. The molecule has 2 aromatic rings. The van der Waals surface area contributed by atoms with Gasteiger partial charge in [-0.15, -0.1) is 0 Å². The van der Waals surface area contributed by atoms with Gasteiger partial charge in [-0.05, 0) is 55.9 Å². The Bertz CT molecular complexity index is 1360. The summed E-state index contributed by atoms with van der Waals surface area (Å²) in [5.41, 5.74) is -0.0886. The summed E-state index contributed by atoms with van der Waals surface area (Å²) in [4.78, 5) is 68.7. The van der Waals surface area contributed by atoms with Crippen LogP contribution in [0.4, 0.5) is 9.18 Å². The number of nitrogens with zero attached hydrogens (tertiary/aromatic N) is 2. The monoisotopic (exact) mass is 611 g/mol. The van der Waals surface area contributed by atoms with E-state index in [1.807, 2.05) is 30.3 Å². The van der Waals surface area contributed by atoms with Crippen molar-refractivity contribution in [3.63, 3.8) is 0 Å². The largest absolute Gasteiger partial charge is 0.467 e. The predicted molar refractivity (Wildman–Crippen MR) is 155 cm³/mol. The molecule has 11 nitrogen and oxygen atoms in total. The molecule has 1 unspecified atom stereocenters. The number of carbonyl (C=O) groups is 5. The highest BCUT2D eigenvalue weighted by Gasteiger charge is 2.53. The number of ether oxygens (including phenoxy) is 3. The van der Waals surface area contributed by atoms with E-state index in [-0.39, 0.29) is 26.0 Å². The van der Waals surface area contributed by atoms with Crippen LogP contribution in [0.15, 0.2) is 54.6 Å². The molecule has 0 spiro atoms. The first-order valence-corrected chi connectivity index (χ1v) is 14.6. The van der Waals surface area contributed by atoms with E-state index in [4.69, 9.17) is 14.2 Å². The lowest BCUT2D eigenvalue weighted by Crippen LogP contribution is -2.64. The Morgan fingerprint density at radius 2 is 1.70 bits per heavy atom. The van der Waals surface area contributed by atoms with E-state index in [1.54, 1.807) is 0 Å². The first-order chi connectivity index (χ1) is 21.1. The van der Waals surface area contributed by atoms with Crippen molar-refractivity contribution in [3.05, 3.63) is 71.5 Å². The first kappa shape index (κ1) is 32.4. The zero-order valence-corrected chi connectivity index (χ0v) is 25.1. The molecule has 12 heteroatoms. The molecule has 0 saturated carbocycles. The van der Waals surface area contributed by atoms with Crippen molar-refractivity contribution in [2.75, 3.05) is 20.2 Å². The van der Waals surface area contributed by atoms with Crippen LogP contribution in [0.25, 0.3) is 0 Å². The van der Waals surface area contributed by atoms with E-state index in [9.17, 15) is 28.4 Å². The predicted octanol–water partition coefficient (Wildman–Crippen LogP) is 3.14. The second kappa shape index (κ2) is 14.3. The number of carbonyl (C=O) groups excluding carboxylic acids is 5. The van der Waals surface area contributed by atoms with Gasteiger partial charge < -0.3 is 24.4 Å². The molecule has 1 N–H and O–H groups in total. The van der Waals surface area contributed by atoms with Crippen LogP contribution < -0.4 is 5.32 Å². The molecule has 2 heterocycles. The van der Waals surface area contributed by atoms with Gasteiger partial charge in [0.25, 0.3) is 0 Å². The number of benzene rings is 2. The topological polar surface area (TPSA) is 132 Å². The number of likely N-dealkylation sites (tertiary alicyclic amines) is 2. The van der Waals surface area contributed by atoms with E-state index in [0.717, 1.165) is 12.7 Å². The van der Waals surface area contributed by atoms with Crippen LogP contribution in [0.2, 0.25) is 0 Å². The first-order valence-electron chi connectivity index (χ1n) is 14.6. The van der Waals surface area contributed by atoms with Crippen LogP contribution in [-0.4, -0.2) is 83.6 Å². The summed E-state index contributed by atoms with van der Waals surface area (Å²) in [5, 5.41) is 2.67. The minimum Gasteiger partial charge on any atom is -0.467 e. The Morgan fingerprint density at radius 1 is 1.00 bits per heavy atom. The summed E-state index contributed by atoms with van der Waals surface area (Å²) in [6.45, 7) is 3.22. The minimum absolute atomic E-state index is 0.0197. The standard InChI is InChI=1S/C32H38FN3O8/c1-21(44-22(2)37)27(29(39)42-3)34-30(40)32(19-23-12-14-25(33)15-13-23)16-8-18-36(32)28(38)26-11-7-17-35(26)31(41)43-20-24-9-5-4-6-10-24/h4-6,9-10,12-15,21,26-27H,7-8,11,16-20H2,1-3H3,(H,34,40)/t21-,26+,27+,32?/m1/s1. The third-order valence-corrected chi connectivity index (χ3v) is 8.13. The second-order valence-electron chi connectivity index (χ2n) is 11.1. The van der Waals surface area contributed by atoms with Gasteiger partial charge in [-0.3, -0.25) is 19.3 Å². The number of nitrogens with one attached hydrogen (secondary N) is 1. The van der Waals surface area contributed by atoms with Crippen molar-refractivity contribution in [2.24, 2.45) is 0 Å². The third-order valence-electron chi connectivity index (χ3n) is 8.13. The van der Waals surface area contributed by atoms with Crippen molar-refractivity contribution in [1.29, 1.82) is 0 Å². The van der Waals surface area contributed by atoms with Gasteiger partial charge in [-0.25, -0.2) is 14.0 Å². The number of hydrogen-bond donors (Lipinski definition) is 1. The second-order valence-corrected chi connectivity index (χ2v) is 11.1. The lowest BCUT2D eigenvalue weighted by atomic mass is 9.86. The fourth-order valence-electron chi connectivity index (χ4n) is 5.96. The van der Waals surface area contributed by atoms with E-state index >= 15 is 0 Å². The average Bonchev–Trinajstić information content (AvgIpc) is 3.68. The molecule has 2 aliphatic heterocycles. The third kappa shape index (κ3) is 7.35. The smallest absolute Gasteiger partial charge is 0.410 e. The minimum atomic E-state index is -1.49. The Morgan fingerprint density at radius 3 is 2.36 bits per heavy atom. The molecule has 0 aromatic heterocycles. The highest BCUT2D eigenvalue weighted by molar-refractivity contribution is 5.97. The SMILES string of the molecule is COC(=O)[C@@H](NC(=O)C1(Cc2ccc(F)cc2)CCCN1C(=O)[C@@H]1CCCN1C(=O)OCc1ccccc1)[C@@H](C)OC(C)=O. The summed E-state index contributed by atoms with van der Waals surface area (Å²) in [5.74, 6) is -3.01. The van der Waals surface area contributed by atoms with Crippen LogP contribution in [0.5, 0.6) is 0 Å². The number of hydrogen-bond acceptors (Lipinski definition) is 8. The molecule has 2 saturated heterocycles. The van der Waals surface area contributed by atoms with Gasteiger partial charge in [0.1, 0.15) is 30.1 Å². The number of methoxy groups -OCH3 is 1. The molecule has 2 aliphatic rings. The summed E-state index contributed by atoms with van der Waals surface area (Å²) in [7, 11) is 1.15. The van der Waals surface area contributed by atoms with Crippen LogP contribution in [0, 0.1) is 5.82 Å². The summed E-state index contributed by atoms with van der Waals surface area (Å²) in [6, 6.07) is 12.6. The number of amides is 3. The molecule has 3 amide bonds. The molecule has 4 rings (SSSR count). The van der Waals surface area contributed by atoms with Crippen molar-refractivity contribution in [2.45, 2.75) is 76.3 Å². The summed E-state index contributed by atoms with van der Waals surface area (Å²) >= 11 is 0. The van der Waals surface area contributed by atoms with Crippen LogP contribution in [0.1, 0.15) is 50.7 Å².